The van der Waals surface area contributed by atoms with Gasteiger partial charge >= 0.3 is 17.9 Å². The van der Waals surface area contributed by atoms with E-state index in [1.54, 1.807) is 24.3 Å². The van der Waals surface area contributed by atoms with Crippen LogP contribution in [0.5, 0.6) is 11.5 Å². The first-order valence-electron chi connectivity index (χ1n) is 9.85. The van der Waals surface area contributed by atoms with Crippen molar-refractivity contribution in [2.75, 3.05) is 0 Å². The SMILES string of the molecule is O=C(O)c1ccc(O)cc1COOCc1ccc(COC(=O)c2cc(O)ccc2C(=O)O)cc1. The van der Waals surface area contributed by atoms with Crippen LogP contribution in [-0.2, 0) is 34.3 Å². The van der Waals surface area contributed by atoms with Crippen molar-refractivity contribution >= 4 is 17.9 Å². The minimum absolute atomic E-state index is 0.0125. The van der Waals surface area contributed by atoms with Crippen molar-refractivity contribution in [3.05, 3.63) is 94.0 Å². The fourth-order valence-corrected chi connectivity index (χ4v) is 2.97. The topological polar surface area (TPSA) is 160 Å². The maximum atomic E-state index is 12.3. The third-order valence-electron chi connectivity index (χ3n) is 4.69. The van der Waals surface area contributed by atoms with Gasteiger partial charge in [-0.25, -0.2) is 24.2 Å². The molecular formula is C24H20O10. The van der Waals surface area contributed by atoms with Gasteiger partial charge in [-0.15, -0.1) is 0 Å². The molecule has 0 saturated carbocycles. The lowest BCUT2D eigenvalue weighted by Gasteiger charge is -2.09. The van der Waals surface area contributed by atoms with Crippen LogP contribution in [0.4, 0.5) is 0 Å². The lowest BCUT2D eigenvalue weighted by atomic mass is 10.1. The molecule has 10 heteroatoms. The number of carboxylic acid groups (broad SMARTS) is 2. The summed E-state index contributed by atoms with van der Waals surface area (Å²) in [5.74, 6) is -3.71. The predicted molar refractivity (Wildman–Crippen MR) is 115 cm³/mol. The van der Waals surface area contributed by atoms with E-state index in [0.29, 0.717) is 11.1 Å². The maximum absolute atomic E-state index is 12.3. The van der Waals surface area contributed by atoms with Crippen molar-refractivity contribution in [2.24, 2.45) is 0 Å². The molecule has 0 bridgehead atoms. The van der Waals surface area contributed by atoms with Crippen LogP contribution < -0.4 is 0 Å². The fourth-order valence-electron chi connectivity index (χ4n) is 2.97. The number of ether oxygens (including phenoxy) is 1. The second-order valence-corrected chi connectivity index (χ2v) is 7.10. The molecule has 10 nitrogen and oxygen atoms in total. The van der Waals surface area contributed by atoms with Gasteiger partial charge in [0.05, 0.1) is 16.7 Å². The van der Waals surface area contributed by atoms with Gasteiger partial charge in [0.15, 0.2) is 0 Å². The van der Waals surface area contributed by atoms with Gasteiger partial charge in [-0.3, -0.25) is 0 Å². The number of carbonyl (C=O) groups excluding carboxylic acids is 1. The average molecular weight is 468 g/mol. The summed E-state index contributed by atoms with van der Waals surface area (Å²) >= 11 is 0. The minimum Gasteiger partial charge on any atom is -0.508 e. The van der Waals surface area contributed by atoms with Crippen LogP contribution in [-0.4, -0.2) is 38.3 Å². The molecule has 3 aromatic carbocycles. The Morgan fingerprint density at radius 2 is 1.15 bits per heavy atom. The van der Waals surface area contributed by atoms with Crippen LogP contribution in [0.25, 0.3) is 0 Å². The molecule has 0 aliphatic heterocycles. The first-order valence-corrected chi connectivity index (χ1v) is 9.85. The molecule has 3 aromatic rings. The average Bonchev–Trinajstić information content (AvgIpc) is 2.80. The number of hydrogen-bond acceptors (Lipinski definition) is 8. The molecule has 3 rings (SSSR count). The number of benzene rings is 3. The minimum atomic E-state index is -1.32. The number of aromatic hydroxyl groups is 2. The van der Waals surface area contributed by atoms with Gasteiger partial charge in [0, 0.05) is 0 Å². The summed E-state index contributed by atoms with van der Waals surface area (Å²) in [6, 6.07) is 13.9. The molecule has 0 aliphatic carbocycles. The first-order chi connectivity index (χ1) is 16.2. The number of rotatable bonds is 10. The van der Waals surface area contributed by atoms with Crippen molar-refractivity contribution in [3.63, 3.8) is 0 Å². The molecule has 176 valence electrons. The largest absolute Gasteiger partial charge is 0.508 e. The van der Waals surface area contributed by atoms with Gasteiger partial charge in [0.1, 0.15) is 31.3 Å². The summed E-state index contributed by atoms with van der Waals surface area (Å²) in [4.78, 5) is 44.9. The summed E-state index contributed by atoms with van der Waals surface area (Å²) in [6.45, 7) is -0.259. The van der Waals surface area contributed by atoms with Gasteiger partial charge in [-0.2, -0.15) is 0 Å². The van der Waals surface area contributed by atoms with Crippen molar-refractivity contribution in [1.82, 2.24) is 0 Å². The van der Waals surface area contributed by atoms with E-state index in [9.17, 15) is 29.7 Å². The number of carboxylic acids is 2. The summed E-state index contributed by atoms with van der Waals surface area (Å²) < 4.78 is 5.15. The molecule has 0 atom stereocenters. The van der Waals surface area contributed by atoms with Gasteiger partial charge < -0.3 is 25.2 Å². The Hall–Kier alpha value is -4.41. The highest BCUT2D eigenvalue weighted by atomic mass is 17.2. The lowest BCUT2D eigenvalue weighted by molar-refractivity contribution is -0.313. The zero-order chi connectivity index (χ0) is 24.7. The van der Waals surface area contributed by atoms with E-state index in [-0.39, 0.29) is 53.6 Å². The Morgan fingerprint density at radius 3 is 1.76 bits per heavy atom. The van der Waals surface area contributed by atoms with Crippen LogP contribution >= 0.6 is 0 Å². The second kappa shape index (κ2) is 10.9. The monoisotopic (exact) mass is 468 g/mol. The Kier molecular flexibility index (Phi) is 7.80. The Morgan fingerprint density at radius 1 is 0.618 bits per heavy atom. The van der Waals surface area contributed by atoms with E-state index in [0.717, 1.165) is 12.1 Å². The quantitative estimate of drug-likeness (QED) is 0.150. The number of carbonyl (C=O) groups is 3. The number of phenolic OH excluding ortho intramolecular Hbond substituents is 2. The molecule has 0 unspecified atom stereocenters. The van der Waals surface area contributed by atoms with E-state index in [1.807, 2.05) is 0 Å². The predicted octanol–water partition coefficient (Wildman–Crippen LogP) is 3.50. The molecule has 0 aliphatic rings. The lowest BCUT2D eigenvalue weighted by Crippen LogP contribution is -2.11. The summed E-state index contributed by atoms with van der Waals surface area (Å²) in [5.41, 5.74) is 1.04. The fraction of sp³-hybridized carbons (Fsp3) is 0.125. The molecule has 0 radical (unpaired) electrons. The maximum Gasteiger partial charge on any atom is 0.339 e. The van der Waals surface area contributed by atoms with Crippen molar-refractivity contribution in [3.8, 4) is 11.5 Å². The van der Waals surface area contributed by atoms with Gasteiger partial charge in [0.25, 0.3) is 0 Å². The zero-order valence-electron chi connectivity index (χ0n) is 17.6. The van der Waals surface area contributed by atoms with Crippen molar-refractivity contribution in [2.45, 2.75) is 19.8 Å². The third kappa shape index (κ3) is 6.31. The van der Waals surface area contributed by atoms with Crippen LogP contribution in [0, 0.1) is 0 Å². The third-order valence-corrected chi connectivity index (χ3v) is 4.69. The molecule has 0 heterocycles. The molecule has 4 N–H and O–H groups in total. The van der Waals surface area contributed by atoms with E-state index in [2.05, 4.69) is 0 Å². The molecule has 0 fully saturated rings. The van der Waals surface area contributed by atoms with Gasteiger partial charge in [-0.1, -0.05) is 24.3 Å². The zero-order valence-corrected chi connectivity index (χ0v) is 17.6. The highest BCUT2D eigenvalue weighted by Gasteiger charge is 2.18. The summed E-state index contributed by atoms with van der Waals surface area (Å²) in [5, 5.41) is 37.4. The molecule has 0 aromatic heterocycles. The molecule has 0 amide bonds. The Labute approximate surface area is 193 Å². The smallest absolute Gasteiger partial charge is 0.339 e. The Balaban J connectivity index is 1.50. The molecular weight excluding hydrogens is 448 g/mol. The van der Waals surface area contributed by atoms with Crippen molar-refractivity contribution in [1.29, 1.82) is 0 Å². The van der Waals surface area contributed by atoms with Gasteiger partial charge in [0.2, 0.25) is 0 Å². The highest BCUT2D eigenvalue weighted by Crippen LogP contribution is 2.20. The van der Waals surface area contributed by atoms with Crippen LogP contribution in [0.2, 0.25) is 0 Å². The van der Waals surface area contributed by atoms with Crippen LogP contribution in [0.3, 0.4) is 0 Å². The number of aromatic carboxylic acids is 2. The van der Waals surface area contributed by atoms with E-state index in [4.69, 9.17) is 19.6 Å². The Bertz CT molecular complexity index is 1200. The summed E-state index contributed by atoms with van der Waals surface area (Å²) in [6.07, 6.45) is 0. The van der Waals surface area contributed by atoms with Crippen LogP contribution in [0.1, 0.15) is 47.8 Å². The number of esters is 1. The molecule has 34 heavy (non-hydrogen) atoms. The van der Waals surface area contributed by atoms with E-state index >= 15 is 0 Å². The van der Waals surface area contributed by atoms with E-state index < -0.39 is 17.9 Å². The van der Waals surface area contributed by atoms with E-state index in [1.165, 1.54) is 24.3 Å². The number of hydrogen-bond donors (Lipinski definition) is 4. The second-order valence-electron chi connectivity index (χ2n) is 7.10. The number of phenols is 2. The molecule has 0 saturated heterocycles. The first kappa shape index (κ1) is 24.2. The normalized spacial score (nSPS) is 10.6. The van der Waals surface area contributed by atoms with Gasteiger partial charge in [-0.05, 0) is 53.1 Å². The standard InChI is InChI=1S/C24H20O10/c25-17-5-7-19(22(27)28)16(9-17)13-34-33-12-15-3-1-14(2-4-15)11-32-24(31)21-10-18(26)6-8-20(21)23(29)30/h1-10,25-26H,11-13H2,(H,27,28)(H,29,30). The van der Waals surface area contributed by atoms with Crippen LogP contribution in [0.15, 0.2) is 60.7 Å². The molecule has 0 spiro atoms. The van der Waals surface area contributed by atoms with Crippen molar-refractivity contribution < 1.29 is 49.3 Å². The highest BCUT2D eigenvalue weighted by molar-refractivity contribution is 6.02. The summed E-state index contributed by atoms with van der Waals surface area (Å²) in [7, 11) is 0.